The number of pyridine rings is 1. The van der Waals surface area contributed by atoms with Crippen molar-refractivity contribution in [3.63, 3.8) is 0 Å². The first-order valence-electron chi connectivity index (χ1n) is 9.66. The first-order valence-corrected chi connectivity index (χ1v) is 11.1. The minimum atomic E-state index is -5.86. The van der Waals surface area contributed by atoms with Gasteiger partial charge in [0.1, 0.15) is 11.4 Å². The van der Waals surface area contributed by atoms with Crippen LogP contribution in [0.4, 0.5) is 19.0 Å². The highest BCUT2D eigenvalue weighted by molar-refractivity contribution is 7.88. The van der Waals surface area contributed by atoms with Crippen molar-refractivity contribution in [3.8, 4) is 5.75 Å². The first kappa shape index (κ1) is 22.0. The molecule has 1 aromatic carbocycles. The summed E-state index contributed by atoms with van der Waals surface area (Å²) < 4.78 is 66.4. The normalized spacial score (nSPS) is 16.8. The summed E-state index contributed by atoms with van der Waals surface area (Å²) in [7, 11) is -5.86. The summed E-state index contributed by atoms with van der Waals surface area (Å²) in [5.41, 5.74) is -3.15. The Hall–Kier alpha value is -3.19. The number of hydrogen-bond acceptors (Lipinski definition) is 5. The fourth-order valence-electron chi connectivity index (χ4n) is 4.27. The number of benzene rings is 1. The number of alkyl halides is 3. The molecule has 0 atom stereocenters. The maximum absolute atomic E-state index is 13.4. The van der Waals surface area contributed by atoms with Gasteiger partial charge in [0.25, 0.3) is 5.82 Å². The minimum absolute atomic E-state index is 0.155. The molecule has 2 aliphatic rings. The molecule has 0 fully saturated rings. The van der Waals surface area contributed by atoms with Crippen LogP contribution < -0.4 is 4.18 Å². The molecule has 0 unspecified atom stereocenters. The molecule has 2 aliphatic carbocycles. The summed E-state index contributed by atoms with van der Waals surface area (Å²) in [4.78, 5) is 21.1. The lowest BCUT2D eigenvalue weighted by Gasteiger charge is -2.34. The van der Waals surface area contributed by atoms with Gasteiger partial charge in [-0.05, 0) is 41.3 Å². The molecule has 10 heteroatoms. The predicted octanol–water partition coefficient (Wildman–Crippen LogP) is 4.91. The summed E-state index contributed by atoms with van der Waals surface area (Å²) in [6.07, 6.45) is 0.459. The van der Waals surface area contributed by atoms with Gasteiger partial charge in [-0.15, -0.1) is 4.98 Å². The molecule has 0 aliphatic heterocycles. The Balaban J connectivity index is 1.88. The van der Waals surface area contributed by atoms with E-state index in [4.69, 9.17) is 6.57 Å². The second-order valence-corrected chi connectivity index (χ2v) is 9.64. The largest absolute Gasteiger partial charge is 0.534 e. The van der Waals surface area contributed by atoms with Gasteiger partial charge in [-0.3, -0.25) is 4.79 Å². The quantitative estimate of drug-likeness (QED) is 0.368. The van der Waals surface area contributed by atoms with E-state index in [1.54, 1.807) is 13.0 Å². The van der Waals surface area contributed by atoms with E-state index in [0.717, 1.165) is 0 Å². The number of allylic oxidation sites excluding steroid dienone is 2. The topological polar surface area (TPSA) is 77.7 Å². The molecule has 0 spiro atoms. The van der Waals surface area contributed by atoms with E-state index < -0.39 is 26.8 Å². The zero-order valence-electron chi connectivity index (χ0n) is 17.3. The molecule has 0 N–H and O–H groups in total. The van der Waals surface area contributed by atoms with Gasteiger partial charge in [-0.2, -0.15) is 21.6 Å². The second-order valence-electron chi connectivity index (χ2n) is 8.10. The molecule has 6 nitrogen and oxygen atoms in total. The fraction of sp³-hybridized carbons (Fsp3) is 0.318. The second kappa shape index (κ2) is 6.90. The van der Waals surface area contributed by atoms with E-state index >= 15 is 0 Å². The molecular formula is C22H17F3N2O4S. The molecule has 0 radical (unpaired) electrons. The third-order valence-corrected chi connectivity index (χ3v) is 6.92. The Morgan fingerprint density at radius 3 is 2.50 bits per heavy atom. The highest BCUT2D eigenvalue weighted by atomic mass is 32.2. The standard InChI is InChI=1S/C22H17F3N2O4S/c1-5-11-8-13-14(10-17(11)31-32(29,30)22(23,24)25)21(2,3)15-9-16-12(19(15)20(13)28)6-7-18(26-4)27-16/h6-8,10H,5,9H2,1-3H3. The number of aromatic nitrogens is 1. The number of Topliss-reactive ketones (excluding diaryl/α,β-unsaturated/α-hetero) is 1. The zero-order chi connectivity index (χ0) is 23.6. The maximum Gasteiger partial charge on any atom is 0.534 e. The van der Waals surface area contributed by atoms with E-state index in [1.165, 1.54) is 18.2 Å². The predicted molar refractivity (Wildman–Crippen MR) is 110 cm³/mol. The molecular weight excluding hydrogens is 445 g/mol. The molecule has 0 saturated heterocycles. The van der Waals surface area contributed by atoms with Crippen molar-refractivity contribution in [1.82, 2.24) is 4.98 Å². The summed E-state index contributed by atoms with van der Waals surface area (Å²) in [6, 6.07) is 5.85. The highest BCUT2D eigenvalue weighted by Crippen LogP contribution is 2.51. The number of halogens is 3. The maximum atomic E-state index is 13.4. The van der Waals surface area contributed by atoms with E-state index in [-0.39, 0.29) is 29.1 Å². The van der Waals surface area contributed by atoms with Crippen LogP contribution >= 0.6 is 0 Å². The molecule has 4 rings (SSSR count). The summed E-state index contributed by atoms with van der Waals surface area (Å²) in [6.45, 7) is 12.4. The van der Waals surface area contributed by atoms with Crippen LogP contribution in [0.3, 0.4) is 0 Å². The molecule has 32 heavy (non-hydrogen) atoms. The average molecular weight is 462 g/mol. The zero-order valence-corrected chi connectivity index (χ0v) is 18.1. The van der Waals surface area contributed by atoms with Crippen molar-refractivity contribution in [3.05, 3.63) is 69.2 Å². The Kier molecular flexibility index (Phi) is 4.75. The van der Waals surface area contributed by atoms with Crippen LogP contribution in [0.15, 0.2) is 29.8 Å². The number of hydrogen-bond donors (Lipinski definition) is 0. The number of fused-ring (bicyclic) bond motifs is 3. The SMILES string of the molecule is [C-]#[N+]c1ccc2c(n1)CC1=C2C(=O)c2cc(CC)c(OS(=O)(=O)C(F)(F)F)cc2C1(C)C. The van der Waals surface area contributed by atoms with Gasteiger partial charge in [0.05, 0.1) is 0 Å². The van der Waals surface area contributed by atoms with Gasteiger partial charge in [0.15, 0.2) is 5.78 Å². The lowest BCUT2D eigenvalue weighted by atomic mass is 9.68. The number of aryl methyl sites for hydroxylation is 1. The average Bonchev–Trinajstić information content (AvgIpc) is 3.10. The highest BCUT2D eigenvalue weighted by Gasteiger charge is 2.49. The van der Waals surface area contributed by atoms with Crippen molar-refractivity contribution >= 4 is 27.3 Å². The van der Waals surface area contributed by atoms with Crippen LogP contribution in [0.2, 0.25) is 0 Å². The van der Waals surface area contributed by atoms with E-state index in [1.807, 2.05) is 13.8 Å². The van der Waals surface area contributed by atoms with Crippen LogP contribution in [0, 0.1) is 6.57 Å². The van der Waals surface area contributed by atoms with E-state index in [0.29, 0.717) is 34.4 Å². The van der Waals surface area contributed by atoms with Crippen LogP contribution in [0.25, 0.3) is 10.4 Å². The van der Waals surface area contributed by atoms with Crippen LogP contribution in [-0.4, -0.2) is 24.7 Å². The van der Waals surface area contributed by atoms with Gasteiger partial charge in [-0.1, -0.05) is 33.4 Å². The van der Waals surface area contributed by atoms with Gasteiger partial charge >= 0.3 is 15.6 Å². The Labute approximate surface area is 182 Å². The summed E-state index contributed by atoms with van der Waals surface area (Å²) in [5, 5.41) is 0. The fourth-order valence-corrected chi connectivity index (χ4v) is 4.76. The molecule has 0 bridgehead atoms. The number of nitrogens with zero attached hydrogens (tertiary/aromatic N) is 2. The third kappa shape index (κ3) is 3.11. The molecule has 0 amide bonds. The number of carbonyl (C=O) groups excluding carboxylic acids is 1. The van der Waals surface area contributed by atoms with Gasteiger partial charge in [-0.25, -0.2) is 0 Å². The molecule has 0 saturated carbocycles. The molecule has 1 aromatic heterocycles. The van der Waals surface area contributed by atoms with Gasteiger partial charge in [0.2, 0.25) is 0 Å². The number of carbonyl (C=O) groups is 1. The van der Waals surface area contributed by atoms with Crippen molar-refractivity contribution in [2.45, 2.75) is 44.5 Å². The van der Waals surface area contributed by atoms with Crippen LogP contribution in [0.5, 0.6) is 5.75 Å². The van der Waals surface area contributed by atoms with Crippen LogP contribution in [-0.2, 0) is 28.4 Å². The molecule has 2 aromatic rings. The summed E-state index contributed by atoms with van der Waals surface area (Å²) >= 11 is 0. The Bertz CT molecular complexity index is 1370. The third-order valence-electron chi connectivity index (χ3n) is 5.95. The van der Waals surface area contributed by atoms with Crippen molar-refractivity contribution in [1.29, 1.82) is 0 Å². The van der Waals surface area contributed by atoms with E-state index in [9.17, 15) is 26.4 Å². The number of rotatable bonds is 3. The summed E-state index contributed by atoms with van der Waals surface area (Å²) in [5.74, 6) is -0.560. The van der Waals surface area contributed by atoms with Crippen molar-refractivity contribution in [2.24, 2.45) is 0 Å². The lowest BCUT2D eigenvalue weighted by Crippen LogP contribution is -2.31. The van der Waals surface area contributed by atoms with E-state index in [2.05, 4.69) is 14.0 Å². The van der Waals surface area contributed by atoms with Gasteiger partial charge < -0.3 is 9.03 Å². The van der Waals surface area contributed by atoms with Crippen molar-refractivity contribution in [2.75, 3.05) is 0 Å². The van der Waals surface area contributed by atoms with Crippen LogP contribution in [0.1, 0.15) is 53.5 Å². The van der Waals surface area contributed by atoms with Gasteiger partial charge in [0, 0.05) is 28.5 Å². The van der Waals surface area contributed by atoms with Crippen molar-refractivity contribution < 1.29 is 30.6 Å². The number of ketones is 1. The minimum Gasteiger partial charge on any atom is -0.376 e. The Morgan fingerprint density at radius 1 is 1.22 bits per heavy atom. The Morgan fingerprint density at radius 2 is 1.91 bits per heavy atom. The monoisotopic (exact) mass is 462 g/mol. The molecule has 166 valence electrons. The lowest BCUT2D eigenvalue weighted by molar-refractivity contribution is -0.0500. The smallest absolute Gasteiger partial charge is 0.376 e. The molecule has 1 heterocycles. The first-order chi connectivity index (χ1) is 14.8.